The van der Waals surface area contributed by atoms with Crippen molar-refractivity contribution in [1.29, 1.82) is 0 Å². The lowest BCUT2D eigenvalue weighted by molar-refractivity contribution is 0.476. The molecule has 122 valence electrons. The van der Waals surface area contributed by atoms with Crippen LogP contribution in [0.4, 0.5) is 17.1 Å². The maximum absolute atomic E-state index is 10.2. The Kier molecular flexibility index (Phi) is 4.70. The molecule has 2 aromatic carbocycles. The third-order valence-corrected chi connectivity index (χ3v) is 3.96. The van der Waals surface area contributed by atoms with Gasteiger partial charge in [-0.25, -0.2) is 0 Å². The number of hydrogen-bond acceptors (Lipinski definition) is 5. The third-order valence-electron chi connectivity index (χ3n) is 3.96. The van der Waals surface area contributed by atoms with Crippen molar-refractivity contribution < 1.29 is 5.11 Å². The van der Waals surface area contributed by atoms with Crippen LogP contribution in [0.1, 0.15) is 13.8 Å². The van der Waals surface area contributed by atoms with E-state index in [1.807, 2.05) is 36.4 Å². The van der Waals surface area contributed by atoms with Crippen LogP contribution < -0.4 is 4.90 Å². The van der Waals surface area contributed by atoms with Gasteiger partial charge in [-0.1, -0.05) is 18.2 Å². The van der Waals surface area contributed by atoms with Gasteiger partial charge in [0.05, 0.1) is 5.52 Å². The number of phenolic OH excluding ortho intramolecular Hbond substituents is 1. The Morgan fingerprint density at radius 1 is 0.958 bits per heavy atom. The first kappa shape index (κ1) is 15.9. The second kappa shape index (κ2) is 7.08. The topological polar surface area (TPSA) is 61.1 Å². The summed E-state index contributed by atoms with van der Waals surface area (Å²) in [7, 11) is 0. The zero-order chi connectivity index (χ0) is 16.9. The van der Waals surface area contributed by atoms with Gasteiger partial charge in [0, 0.05) is 36.4 Å². The van der Waals surface area contributed by atoms with E-state index in [1.54, 1.807) is 18.3 Å². The number of rotatable bonds is 5. The van der Waals surface area contributed by atoms with E-state index < -0.39 is 0 Å². The van der Waals surface area contributed by atoms with Crippen LogP contribution in [0.3, 0.4) is 0 Å². The molecule has 1 N–H and O–H groups in total. The number of azo groups is 1. The average molecular weight is 320 g/mol. The van der Waals surface area contributed by atoms with Crippen molar-refractivity contribution >= 4 is 28.0 Å². The Morgan fingerprint density at radius 2 is 1.71 bits per heavy atom. The van der Waals surface area contributed by atoms with E-state index in [0.717, 1.165) is 29.7 Å². The summed E-state index contributed by atoms with van der Waals surface area (Å²) < 4.78 is 0. The molecule has 0 saturated heterocycles. The molecule has 24 heavy (non-hydrogen) atoms. The van der Waals surface area contributed by atoms with Gasteiger partial charge in [-0.05, 0) is 38.1 Å². The highest BCUT2D eigenvalue weighted by Gasteiger charge is 2.07. The Bertz CT molecular complexity index is 867. The normalized spacial score (nSPS) is 11.2. The predicted molar refractivity (Wildman–Crippen MR) is 97.6 cm³/mol. The Morgan fingerprint density at radius 3 is 2.46 bits per heavy atom. The molecule has 1 heterocycles. The molecule has 0 radical (unpaired) electrons. The average Bonchev–Trinajstić information content (AvgIpc) is 2.62. The van der Waals surface area contributed by atoms with Crippen LogP contribution in [0.2, 0.25) is 0 Å². The standard InChI is InChI=1S/C19H20N4O/c1-3-23(4-2)15-10-11-16(18(24)13-15)21-22-17-9-5-7-14-8-6-12-20-19(14)17/h5-13,24H,3-4H2,1-2H3. The van der Waals surface area contributed by atoms with Gasteiger partial charge in [0.2, 0.25) is 0 Å². The zero-order valence-corrected chi connectivity index (χ0v) is 13.8. The molecule has 0 amide bonds. The summed E-state index contributed by atoms with van der Waals surface area (Å²) >= 11 is 0. The van der Waals surface area contributed by atoms with Gasteiger partial charge in [-0.15, -0.1) is 10.2 Å². The van der Waals surface area contributed by atoms with Gasteiger partial charge >= 0.3 is 0 Å². The molecule has 5 heteroatoms. The van der Waals surface area contributed by atoms with E-state index in [4.69, 9.17) is 0 Å². The fraction of sp³-hybridized carbons (Fsp3) is 0.211. The van der Waals surface area contributed by atoms with Crippen molar-refractivity contribution in [2.75, 3.05) is 18.0 Å². The first-order valence-corrected chi connectivity index (χ1v) is 8.06. The number of pyridine rings is 1. The van der Waals surface area contributed by atoms with Crippen LogP contribution in [0.25, 0.3) is 10.9 Å². The first-order chi connectivity index (χ1) is 11.7. The Hall–Kier alpha value is -2.95. The fourth-order valence-electron chi connectivity index (χ4n) is 2.66. The number of aromatic hydroxyl groups is 1. The number of fused-ring (bicyclic) bond motifs is 1. The number of anilines is 1. The van der Waals surface area contributed by atoms with Gasteiger partial charge in [0.15, 0.2) is 0 Å². The van der Waals surface area contributed by atoms with Crippen LogP contribution in [0, 0.1) is 0 Å². The number of hydrogen-bond donors (Lipinski definition) is 1. The molecular formula is C19H20N4O. The van der Waals surface area contributed by atoms with Gasteiger partial charge < -0.3 is 10.0 Å². The lowest BCUT2D eigenvalue weighted by Gasteiger charge is -2.21. The third kappa shape index (κ3) is 3.20. The highest BCUT2D eigenvalue weighted by Crippen LogP contribution is 2.33. The van der Waals surface area contributed by atoms with Crippen molar-refractivity contribution in [2.24, 2.45) is 10.2 Å². The maximum atomic E-state index is 10.2. The minimum absolute atomic E-state index is 0.122. The number of para-hydroxylation sites is 1. The summed E-state index contributed by atoms with van der Waals surface area (Å²) in [6.07, 6.45) is 1.73. The number of benzene rings is 2. The van der Waals surface area contributed by atoms with Crippen molar-refractivity contribution in [3.05, 3.63) is 54.7 Å². The molecule has 0 aliphatic rings. The molecule has 0 atom stereocenters. The maximum Gasteiger partial charge on any atom is 0.145 e. The van der Waals surface area contributed by atoms with Crippen LogP contribution in [0.5, 0.6) is 5.75 Å². The summed E-state index contributed by atoms with van der Waals surface area (Å²) in [6.45, 7) is 5.94. The van der Waals surface area contributed by atoms with Crippen LogP contribution in [0.15, 0.2) is 65.0 Å². The lowest BCUT2D eigenvalue weighted by Crippen LogP contribution is -2.21. The number of nitrogens with zero attached hydrogens (tertiary/aromatic N) is 4. The van der Waals surface area contributed by atoms with E-state index in [1.165, 1.54) is 0 Å². The predicted octanol–water partition coefficient (Wildman–Crippen LogP) is 5.20. The molecule has 5 nitrogen and oxygen atoms in total. The van der Waals surface area contributed by atoms with Gasteiger partial charge in [-0.2, -0.15) is 0 Å². The molecule has 0 unspecified atom stereocenters. The molecule has 0 aliphatic carbocycles. The van der Waals surface area contributed by atoms with Crippen LogP contribution >= 0.6 is 0 Å². The summed E-state index contributed by atoms with van der Waals surface area (Å²) in [5.74, 6) is 0.122. The van der Waals surface area contributed by atoms with Crippen LogP contribution in [-0.4, -0.2) is 23.2 Å². The van der Waals surface area contributed by atoms with E-state index in [9.17, 15) is 5.11 Å². The molecule has 0 spiro atoms. The molecule has 0 aliphatic heterocycles. The van der Waals surface area contributed by atoms with Crippen molar-refractivity contribution in [1.82, 2.24) is 4.98 Å². The van der Waals surface area contributed by atoms with Crippen molar-refractivity contribution in [3.63, 3.8) is 0 Å². The molecule has 1 aromatic heterocycles. The molecule has 0 saturated carbocycles. The number of phenols is 1. The smallest absolute Gasteiger partial charge is 0.145 e. The highest BCUT2D eigenvalue weighted by atomic mass is 16.3. The summed E-state index contributed by atoms with van der Waals surface area (Å²) in [5, 5.41) is 19.7. The Labute approximate surface area is 141 Å². The molecule has 0 fully saturated rings. The van der Waals surface area contributed by atoms with Crippen molar-refractivity contribution in [2.45, 2.75) is 13.8 Å². The Balaban J connectivity index is 1.91. The first-order valence-electron chi connectivity index (χ1n) is 8.06. The lowest BCUT2D eigenvalue weighted by atomic mass is 10.2. The van der Waals surface area contributed by atoms with Crippen LogP contribution in [-0.2, 0) is 0 Å². The van der Waals surface area contributed by atoms with E-state index in [0.29, 0.717) is 11.4 Å². The van der Waals surface area contributed by atoms with Gasteiger partial charge in [0.1, 0.15) is 17.1 Å². The second-order valence-corrected chi connectivity index (χ2v) is 5.40. The summed E-state index contributed by atoms with van der Waals surface area (Å²) in [6, 6.07) is 15.1. The van der Waals surface area contributed by atoms with Gasteiger partial charge in [-0.3, -0.25) is 4.98 Å². The van der Waals surface area contributed by atoms with E-state index in [-0.39, 0.29) is 5.75 Å². The van der Waals surface area contributed by atoms with Crippen molar-refractivity contribution in [3.8, 4) is 5.75 Å². The summed E-state index contributed by atoms with van der Waals surface area (Å²) in [5.41, 5.74) is 2.89. The fourth-order valence-corrected chi connectivity index (χ4v) is 2.66. The minimum atomic E-state index is 0.122. The van der Waals surface area contributed by atoms with Gasteiger partial charge in [0.25, 0.3) is 0 Å². The highest BCUT2D eigenvalue weighted by molar-refractivity contribution is 5.88. The monoisotopic (exact) mass is 320 g/mol. The zero-order valence-electron chi connectivity index (χ0n) is 13.8. The molecule has 3 rings (SSSR count). The van der Waals surface area contributed by atoms with E-state index >= 15 is 0 Å². The molecular weight excluding hydrogens is 300 g/mol. The molecule has 3 aromatic rings. The number of aromatic nitrogens is 1. The minimum Gasteiger partial charge on any atom is -0.506 e. The quantitative estimate of drug-likeness (QED) is 0.657. The summed E-state index contributed by atoms with van der Waals surface area (Å²) in [4.78, 5) is 6.51. The largest absolute Gasteiger partial charge is 0.506 e. The SMILES string of the molecule is CCN(CC)c1ccc(N=Nc2cccc3cccnc23)c(O)c1. The second-order valence-electron chi connectivity index (χ2n) is 5.40. The molecule has 0 bridgehead atoms. The van der Waals surface area contributed by atoms with E-state index in [2.05, 4.69) is 34.0 Å².